The number of pyridine rings is 1. The molecule has 1 aromatic heterocycles. The van der Waals surface area contributed by atoms with Crippen molar-refractivity contribution in [2.24, 2.45) is 5.16 Å². The molecule has 5 heteroatoms. The Labute approximate surface area is 107 Å². The van der Waals surface area contributed by atoms with Gasteiger partial charge >= 0.3 is 0 Å². The van der Waals surface area contributed by atoms with E-state index in [1.807, 2.05) is 6.07 Å². The van der Waals surface area contributed by atoms with Crippen LogP contribution < -0.4 is 0 Å². The third-order valence-corrected chi connectivity index (χ3v) is 3.27. The fraction of sp³-hybridized carbons (Fsp3) is 0.538. The van der Waals surface area contributed by atoms with Crippen molar-refractivity contribution in [3.8, 4) is 5.75 Å². The van der Waals surface area contributed by atoms with Crippen LogP contribution in [0.1, 0.15) is 30.7 Å². The average Bonchev–Trinajstić information content (AvgIpc) is 2.41. The Balaban J connectivity index is 1.94. The molecule has 1 aliphatic heterocycles. The Morgan fingerprint density at radius 1 is 1.28 bits per heavy atom. The minimum absolute atomic E-state index is 0.0366. The van der Waals surface area contributed by atoms with Crippen LogP contribution in [0.2, 0.25) is 0 Å². The van der Waals surface area contributed by atoms with E-state index in [-0.39, 0.29) is 5.75 Å². The van der Waals surface area contributed by atoms with Gasteiger partial charge in [0.15, 0.2) is 0 Å². The number of aromatic hydroxyl groups is 1. The Morgan fingerprint density at radius 2 is 2.06 bits per heavy atom. The van der Waals surface area contributed by atoms with Gasteiger partial charge in [0.2, 0.25) is 0 Å². The van der Waals surface area contributed by atoms with Gasteiger partial charge in [-0.3, -0.25) is 0 Å². The fourth-order valence-electron chi connectivity index (χ4n) is 2.25. The first-order valence-electron chi connectivity index (χ1n) is 6.38. The molecule has 1 saturated heterocycles. The van der Waals surface area contributed by atoms with Crippen molar-refractivity contribution in [3.63, 3.8) is 0 Å². The number of piperidine rings is 1. The Morgan fingerprint density at radius 3 is 2.78 bits per heavy atom. The highest BCUT2D eigenvalue weighted by atomic mass is 16.4. The second kappa shape index (κ2) is 6.35. The van der Waals surface area contributed by atoms with Crippen LogP contribution in [-0.2, 0) is 6.42 Å². The molecule has 2 heterocycles. The van der Waals surface area contributed by atoms with Gasteiger partial charge in [-0.05, 0) is 38.1 Å². The van der Waals surface area contributed by atoms with Crippen LogP contribution in [0, 0.1) is 0 Å². The highest BCUT2D eigenvalue weighted by molar-refractivity contribution is 5.80. The summed E-state index contributed by atoms with van der Waals surface area (Å²) in [5.74, 6) is 0.0366. The van der Waals surface area contributed by atoms with Gasteiger partial charge in [0.1, 0.15) is 11.4 Å². The minimum Gasteiger partial charge on any atom is -0.506 e. The zero-order valence-electron chi connectivity index (χ0n) is 10.4. The van der Waals surface area contributed by atoms with E-state index >= 15 is 0 Å². The first kappa shape index (κ1) is 12.8. The maximum Gasteiger partial charge on any atom is 0.142 e. The van der Waals surface area contributed by atoms with E-state index in [1.54, 1.807) is 6.07 Å². The van der Waals surface area contributed by atoms with Gasteiger partial charge < -0.3 is 15.2 Å². The normalized spacial score (nSPS) is 17.3. The number of hydrogen-bond donors (Lipinski definition) is 2. The second-order valence-corrected chi connectivity index (χ2v) is 4.60. The van der Waals surface area contributed by atoms with Crippen molar-refractivity contribution in [3.05, 3.63) is 23.5 Å². The fourth-order valence-corrected chi connectivity index (χ4v) is 2.25. The van der Waals surface area contributed by atoms with Crippen LogP contribution in [0.4, 0.5) is 0 Å². The third-order valence-electron chi connectivity index (χ3n) is 3.27. The number of likely N-dealkylation sites (tertiary alicyclic amines) is 1. The van der Waals surface area contributed by atoms with Gasteiger partial charge in [-0.1, -0.05) is 11.6 Å². The van der Waals surface area contributed by atoms with Crippen LogP contribution in [0.15, 0.2) is 17.3 Å². The first-order chi connectivity index (χ1) is 8.79. The van der Waals surface area contributed by atoms with Crippen molar-refractivity contribution in [1.82, 2.24) is 9.88 Å². The highest BCUT2D eigenvalue weighted by Gasteiger charge is 2.10. The lowest BCUT2D eigenvalue weighted by Gasteiger charge is -2.26. The monoisotopic (exact) mass is 249 g/mol. The van der Waals surface area contributed by atoms with E-state index < -0.39 is 0 Å². The molecule has 0 saturated carbocycles. The molecule has 0 atom stereocenters. The molecule has 1 aromatic rings. The van der Waals surface area contributed by atoms with E-state index in [1.165, 1.54) is 32.4 Å². The summed E-state index contributed by atoms with van der Waals surface area (Å²) in [6.07, 6.45) is 5.91. The van der Waals surface area contributed by atoms with Crippen LogP contribution >= 0.6 is 0 Å². The molecular weight excluding hydrogens is 230 g/mol. The average molecular weight is 249 g/mol. The van der Waals surface area contributed by atoms with E-state index in [9.17, 15) is 5.11 Å². The quantitative estimate of drug-likeness (QED) is 0.483. The molecule has 0 amide bonds. The molecule has 1 aliphatic rings. The van der Waals surface area contributed by atoms with Crippen LogP contribution in [0.3, 0.4) is 0 Å². The lowest BCUT2D eigenvalue weighted by molar-refractivity contribution is 0.231. The van der Waals surface area contributed by atoms with Crippen molar-refractivity contribution >= 4 is 6.21 Å². The summed E-state index contributed by atoms with van der Waals surface area (Å²) in [7, 11) is 0. The molecular formula is C13H19N3O2. The predicted octanol–water partition coefficient (Wildman–Crippen LogP) is 1.62. The predicted molar refractivity (Wildman–Crippen MR) is 69.3 cm³/mol. The van der Waals surface area contributed by atoms with Crippen molar-refractivity contribution < 1.29 is 10.3 Å². The summed E-state index contributed by atoms with van der Waals surface area (Å²) in [4.78, 5) is 6.70. The van der Waals surface area contributed by atoms with Gasteiger partial charge in [-0.25, -0.2) is 4.98 Å². The smallest absolute Gasteiger partial charge is 0.142 e. The van der Waals surface area contributed by atoms with Gasteiger partial charge in [-0.2, -0.15) is 0 Å². The highest BCUT2D eigenvalue weighted by Crippen LogP contribution is 2.14. The topological polar surface area (TPSA) is 69.0 Å². The molecule has 18 heavy (non-hydrogen) atoms. The molecule has 98 valence electrons. The SMILES string of the molecule is O/N=C/c1nc(CCN2CCCCC2)ccc1O. The van der Waals surface area contributed by atoms with Crippen LogP contribution in [-0.4, -0.2) is 46.0 Å². The zero-order chi connectivity index (χ0) is 12.8. The van der Waals surface area contributed by atoms with Crippen LogP contribution in [0.5, 0.6) is 5.75 Å². The maximum absolute atomic E-state index is 9.51. The second-order valence-electron chi connectivity index (χ2n) is 4.60. The number of nitrogens with zero attached hydrogens (tertiary/aromatic N) is 3. The van der Waals surface area contributed by atoms with E-state index in [0.29, 0.717) is 5.69 Å². The van der Waals surface area contributed by atoms with E-state index in [2.05, 4.69) is 15.0 Å². The summed E-state index contributed by atoms with van der Waals surface area (Å²) in [5.41, 5.74) is 1.22. The summed E-state index contributed by atoms with van der Waals surface area (Å²) in [6.45, 7) is 3.33. The van der Waals surface area contributed by atoms with E-state index in [0.717, 1.165) is 24.9 Å². The first-order valence-corrected chi connectivity index (χ1v) is 6.38. The van der Waals surface area contributed by atoms with Crippen molar-refractivity contribution in [1.29, 1.82) is 0 Å². The molecule has 5 nitrogen and oxygen atoms in total. The van der Waals surface area contributed by atoms with Gasteiger partial charge in [0, 0.05) is 18.7 Å². The largest absolute Gasteiger partial charge is 0.506 e. The summed E-state index contributed by atoms with van der Waals surface area (Å²) < 4.78 is 0. The van der Waals surface area contributed by atoms with Gasteiger partial charge in [0.05, 0.1) is 6.21 Å². The summed E-state index contributed by atoms with van der Waals surface area (Å²) in [6, 6.07) is 3.41. The third kappa shape index (κ3) is 3.43. The number of oxime groups is 1. The van der Waals surface area contributed by atoms with Crippen LogP contribution in [0.25, 0.3) is 0 Å². The van der Waals surface area contributed by atoms with Gasteiger partial charge in [-0.15, -0.1) is 0 Å². The lowest BCUT2D eigenvalue weighted by Crippen LogP contribution is -2.31. The number of aromatic nitrogens is 1. The molecule has 0 unspecified atom stereocenters. The molecule has 0 radical (unpaired) electrons. The Bertz CT molecular complexity index is 415. The molecule has 1 fully saturated rings. The Hall–Kier alpha value is -1.62. The number of rotatable bonds is 4. The molecule has 0 spiro atoms. The molecule has 2 rings (SSSR count). The number of hydrogen-bond acceptors (Lipinski definition) is 5. The molecule has 2 N–H and O–H groups in total. The standard InChI is InChI=1S/C13H19N3O2/c17-13-5-4-11(15-12(13)10-14-18)6-9-16-7-2-1-3-8-16/h4-5,10,17-18H,1-3,6-9H2/b14-10+. The molecule has 0 aliphatic carbocycles. The van der Waals surface area contributed by atoms with Crippen molar-refractivity contribution in [2.45, 2.75) is 25.7 Å². The lowest BCUT2D eigenvalue weighted by atomic mass is 10.1. The van der Waals surface area contributed by atoms with Crippen molar-refractivity contribution in [2.75, 3.05) is 19.6 Å². The zero-order valence-corrected chi connectivity index (χ0v) is 10.4. The Kier molecular flexibility index (Phi) is 4.52. The van der Waals surface area contributed by atoms with Gasteiger partial charge in [0.25, 0.3) is 0 Å². The summed E-state index contributed by atoms with van der Waals surface area (Å²) >= 11 is 0. The minimum atomic E-state index is 0.0366. The van der Waals surface area contributed by atoms with E-state index in [4.69, 9.17) is 5.21 Å². The molecule has 0 bridgehead atoms. The molecule has 0 aromatic carbocycles. The summed E-state index contributed by atoms with van der Waals surface area (Å²) in [5, 5.41) is 20.9. The maximum atomic E-state index is 9.51.